The molecule has 2 aromatic rings. The first-order valence-electron chi connectivity index (χ1n) is 7.80. The maximum atomic E-state index is 13.6. The van der Waals surface area contributed by atoms with Crippen molar-refractivity contribution in [3.05, 3.63) is 53.8 Å². The third-order valence-corrected chi connectivity index (χ3v) is 4.11. The fourth-order valence-corrected chi connectivity index (χ4v) is 2.53. The average molecular weight is 364 g/mol. The summed E-state index contributed by atoms with van der Waals surface area (Å²) in [5.41, 5.74) is 0.0867. The summed E-state index contributed by atoms with van der Waals surface area (Å²) in [5.74, 6) is -6.02. The van der Waals surface area contributed by atoms with Gasteiger partial charge in [0, 0.05) is 5.69 Å². The first-order chi connectivity index (χ1) is 12.4. The first-order valence-corrected chi connectivity index (χ1v) is 7.80. The van der Waals surface area contributed by atoms with Crippen molar-refractivity contribution < 1.29 is 27.5 Å². The molecule has 1 saturated carbocycles. The third-order valence-electron chi connectivity index (χ3n) is 4.11. The standard InChI is InChI=1S/C18H15F3N2O3/c1-26-10-4-2-9(3-5-10)22-17(24)11-8-12(11)18(25)23-14-7-6-13(19)15(20)16(14)21/h2-7,11-12H,8H2,1H3,(H,22,24)(H,23,25). The number of hydrogen-bond donors (Lipinski definition) is 2. The molecule has 2 N–H and O–H groups in total. The average Bonchev–Trinajstić information content (AvgIpc) is 3.44. The summed E-state index contributed by atoms with van der Waals surface area (Å²) in [5, 5.41) is 4.86. The summed E-state index contributed by atoms with van der Waals surface area (Å²) in [7, 11) is 1.52. The SMILES string of the molecule is COc1ccc(NC(=O)C2CC2C(=O)Nc2ccc(F)c(F)c2F)cc1. The molecule has 2 atom stereocenters. The zero-order valence-corrected chi connectivity index (χ0v) is 13.7. The van der Waals surface area contributed by atoms with Crippen LogP contribution in [0, 0.1) is 29.3 Å². The molecule has 1 aliphatic rings. The molecule has 0 bridgehead atoms. The highest BCUT2D eigenvalue weighted by molar-refractivity contribution is 6.03. The van der Waals surface area contributed by atoms with Crippen LogP contribution < -0.4 is 15.4 Å². The first kappa shape index (κ1) is 17.8. The van der Waals surface area contributed by atoms with E-state index in [4.69, 9.17) is 4.74 Å². The summed E-state index contributed by atoms with van der Waals surface area (Å²) in [4.78, 5) is 24.2. The third kappa shape index (κ3) is 3.63. The molecule has 0 aliphatic heterocycles. The van der Waals surface area contributed by atoms with Gasteiger partial charge in [0.25, 0.3) is 0 Å². The van der Waals surface area contributed by atoms with Crippen LogP contribution in [0.25, 0.3) is 0 Å². The van der Waals surface area contributed by atoms with Gasteiger partial charge in [-0.05, 0) is 42.8 Å². The molecule has 0 radical (unpaired) electrons. The highest BCUT2D eigenvalue weighted by atomic mass is 19.2. The number of nitrogens with one attached hydrogen (secondary N) is 2. The van der Waals surface area contributed by atoms with Crippen molar-refractivity contribution in [3.63, 3.8) is 0 Å². The molecule has 1 fully saturated rings. The minimum atomic E-state index is -1.66. The van der Waals surface area contributed by atoms with Crippen molar-refractivity contribution >= 4 is 23.2 Å². The lowest BCUT2D eigenvalue weighted by Gasteiger charge is -2.08. The van der Waals surface area contributed by atoms with Crippen LogP contribution in [0.1, 0.15) is 6.42 Å². The zero-order chi connectivity index (χ0) is 18.8. The van der Waals surface area contributed by atoms with E-state index in [1.165, 1.54) is 7.11 Å². The maximum absolute atomic E-state index is 13.6. The minimum absolute atomic E-state index is 0.291. The van der Waals surface area contributed by atoms with Crippen LogP contribution in [0.3, 0.4) is 0 Å². The smallest absolute Gasteiger partial charge is 0.228 e. The second-order valence-electron chi connectivity index (χ2n) is 5.88. The van der Waals surface area contributed by atoms with Crippen molar-refractivity contribution in [2.75, 3.05) is 17.7 Å². The van der Waals surface area contributed by atoms with E-state index in [0.717, 1.165) is 12.1 Å². The predicted molar refractivity (Wildman–Crippen MR) is 88.2 cm³/mol. The molecule has 3 rings (SSSR count). The highest BCUT2D eigenvalue weighted by Crippen LogP contribution is 2.40. The number of amides is 2. The van der Waals surface area contributed by atoms with Crippen molar-refractivity contribution in [1.82, 2.24) is 0 Å². The lowest BCUT2D eigenvalue weighted by molar-refractivity contribution is -0.122. The molecule has 136 valence electrons. The van der Waals surface area contributed by atoms with Crippen LogP contribution in [-0.4, -0.2) is 18.9 Å². The van der Waals surface area contributed by atoms with Crippen LogP contribution in [-0.2, 0) is 9.59 Å². The molecule has 2 aromatic carbocycles. The molecule has 0 saturated heterocycles. The summed E-state index contributed by atoms with van der Waals surface area (Å²) < 4.78 is 44.7. The van der Waals surface area contributed by atoms with Gasteiger partial charge in [0.2, 0.25) is 11.8 Å². The number of rotatable bonds is 5. The number of halogens is 3. The van der Waals surface area contributed by atoms with Gasteiger partial charge in [0.1, 0.15) is 5.75 Å². The van der Waals surface area contributed by atoms with Gasteiger partial charge in [-0.2, -0.15) is 0 Å². The van der Waals surface area contributed by atoms with Crippen LogP contribution in [0.4, 0.5) is 24.5 Å². The number of carbonyl (C=O) groups is 2. The van der Waals surface area contributed by atoms with Gasteiger partial charge in [0.15, 0.2) is 17.5 Å². The van der Waals surface area contributed by atoms with E-state index in [-0.39, 0.29) is 5.91 Å². The van der Waals surface area contributed by atoms with E-state index in [9.17, 15) is 22.8 Å². The highest BCUT2D eigenvalue weighted by Gasteiger charge is 2.48. The van der Waals surface area contributed by atoms with Crippen LogP contribution in [0.15, 0.2) is 36.4 Å². The van der Waals surface area contributed by atoms with Crippen LogP contribution in [0.5, 0.6) is 5.75 Å². The van der Waals surface area contributed by atoms with Gasteiger partial charge >= 0.3 is 0 Å². The van der Waals surface area contributed by atoms with Gasteiger partial charge in [-0.1, -0.05) is 0 Å². The van der Waals surface area contributed by atoms with E-state index in [0.29, 0.717) is 17.9 Å². The van der Waals surface area contributed by atoms with Crippen molar-refractivity contribution in [3.8, 4) is 5.75 Å². The Bertz CT molecular complexity index is 856. The summed E-state index contributed by atoms with van der Waals surface area (Å²) in [6.45, 7) is 0. The molecule has 1 aliphatic carbocycles. The Morgan fingerprint density at radius 1 is 0.923 bits per heavy atom. The molecular formula is C18H15F3N2O3. The topological polar surface area (TPSA) is 67.4 Å². The Kier molecular flexibility index (Phi) is 4.83. The molecule has 2 unspecified atom stereocenters. The van der Waals surface area contributed by atoms with E-state index in [1.54, 1.807) is 24.3 Å². The van der Waals surface area contributed by atoms with Crippen LogP contribution >= 0.6 is 0 Å². The van der Waals surface area contributed by atoms with Crippen molar-refractivity contribution in [1.29, 1.82) is 0 Å². The monoisotopic (exact) mass is 364 g/mol. The van der Waals surface area contributed by atoms with Gasteiger partial charge in [-0.15, -0.1) is 0 Å². The number of methoxy groups -OCH3 is 1. The number of carbonyl (C=O) groups excluding carboxylic acids is 2. The van der Waals surface area contributed by atoms with Crippen molar-refractivity contribution in [2.45, 2.75) is 6.42 Å². The second kappa shape index (κ2) is 7.07. The predicted octanol–water partition coefficient (Wildman–Crippen LogP) is 3.33. The summed E-state index contributed by atoms with van der Waals surface area (Å²) >= 11 is 0. The fourth-order valence-electron chi connectivity index (χ4n) is 2.53. The van der Waals surface area contributed by atoms with E-state index in [1.807, 2.05) is 0 Å². The van der Waals surface area contributed by atoms with Gasteiger partial charge in [-0.3, -0.25) is 9.59 Å². The van der Waals surface area contributed by atoms with Gasteiger partial charge in [-0.25, -0.2) is 13.2 Å². The van der Waals surface area contributed by atoms with Crippen molar-refractivity contribution in [2.24, 2.45) is 11.8 Å². The lowest BCUT2D eigenvalue weighted by atomic mass is 10.2. The molecular weight excluding hydrogens is 349 g/mol. The summed E-state index contributed by atoms with van der Waals surface area (Å²) in [6, 6.07) is 8.32. The Morgan fingerprint density at radius 3 is 2.15 bits per heavy atom. The Hall–Kier alpha value is -3.03. The molecule has 0 heterocycles. The van der Waals surface area contributed by atoms with E-state index >= 15 is 0 Å². The summed E-state index contributed by atoms with van der Waals surface area (Å²) in [6.07, 6.45) is 0.291. The van der Waals surface area contributed by atoms with E-state index in [2.05, 4.69) is 10.6 Å². The van der Waals surface area contributed by atoms with Gasteiger partial charge < -0.3 is 15.4 Å². The molecule has 2 amide bonds. The Morgan fingerprint density at radius 2 is 1.54 bits per heavy atom. The number of ether oxygens (including phenoxy) is 1. The number of anilines is 2. The Balaban J connectivity index is 1.58. The maximum Gasteiger partial charge on any atom is 0.228 e. The Labute approximate surface area is 147 Å². The van der Waals surface area contributed by atoms with E-state index < -0.39 is 40.9 Å². The molecule has 0 spiro atoms. The largest absolute Gasteiger partial charge is 0.497 e. The second-order valence-corrected chi connectivity index (χ2v) is 5.88. The lowest BCUT2D eigenvalue weighted by Crippen LogP contribution is -2.21. The minimum Gasteiger partial charge on any atom is -0.497 e. The number of benzene rings is 2. The molecule has 26 heavy (non-hydrogen) atoms. The quantitative estimate of drug-likeness (QED) is 0.800. The van der Waals surface area contributed by atoms with Gasteiger partial charge in [0.05, 0.1) is 24.6 Å². The zero-order valence-electron chi connectivity index (χ0n) is 13.7. The molecule has 5 nitrogen and oxygen atoms in total. The molecule has 0 aromatic heterocycles. The molecule has 8 heteroatoms. The van der Waals surface area contributed by atoms with Crippen LogP contribution in [0.2, 0.25) is 0 Å². The number of hydrogen-bond acceptors (Lipinski definition) is 3. The normalized spacial score (nSPS) is 18.2. The fraction of sp³-hybridized carbons (Fsp3) is 0.222.